The first kappa shape index (κ1) is 14.0. The highest BCUT2D eigenvalue weighted by molar-refractivity contribution is 7.86. The van der Waals surface area contributed by atoms with E-state index in [0.717, 1.165) is 13.4 Å². The normalized spacial score (nSPS) is 13.1. The van der Waals surface area contributed by atoms with E-state index < -0.39 is 22.2 Å². The van der Waals surface area contributed by atoms with E-state index >= 15 is 0 Å². The summed E-state index contributed by atoms with van der Waals surface area (Å²) < 4.78 is 31.3. The van der Waals surface area contributed by atoms with Crippen molar-refractivity contribution in [3.05, 3.63) is 34.9 Å². The van der Waals surface area contributed by atoms with Crippen LogP contribution in [0.4, 0.5) is 0 Å². The van der Waals surface area contributed by atoms with Gasteiger partial charge in [0.1, 0.15) is 0 Å². The van der Waals surface area contributed by atoms with E-state index in [0.29, 0.717) is 0 Å². The van der Waals surface area contributed by atoms with Crippen molar-refractivity contribution in [2.45, 2.75) is 6.10 Å². The molecule has 0 radical (unpaired) electrons. The van der Waals surface area contributed by atoms with Crippen LogP contribution < -0.4 is 0 Å². The van der Waals surface area contributed by atoms with Crippen molar-refractivity contribution in [3.63, 3.8) is 0 Å². The molecule has 1 atom stereocenters. The minimum atomic E-state index is -3.80. The Morgan fingerprint density at radius 1 is 1.35 bits per heavy atom. The molecule has 0 fully saturated rings. The summed E-state index contributed by atoms with van der Waals surface area (Å²) in [5.41, 5.74) is 0.242. The Bertz CT molecular complexity index is 511. The molecule has 0 saturated carbocycles. The van der Waals surface area contributed by atoms with E-state index in [9.17, 15) is 13.2 Å². The standard InChI is InChI=1S/C10H11ClO5S/c1-15-10(12)9(16-17(2,13)14)7-5-3-4-6-8(7)11/h3-6,9H,1-2H3/t9-/m0/s1. The Morgan fingerprint density at radius 2 is 1.94 bits per heavy atom. The number of halogens is 1. The predicted octanol–water partition coefficient (Wildman–Crippen LogP) is 1.53. The summed E-state index contributed by atoms with van der Waals surface area (Å²) in [6, 6.07) is 6.29. The number of carbonyl (C=O) groups excluding carboxylic acids is 1. The molecular weight excluding hydrogens is 268 g/mol. The molecule has 0 aromatic heterocycles. The van der Waals surface area contributed by atoms with E-state index in [1.54, 1.807) is 12.1 Å². The molecule has 7 heteroatoms. The molecule has 0 aliphatic heterocycles. The Labute approximate surface area is 104 Å². The Kier molecular flexibility index (Phi) is 4.50. The number of esters is 1. The zero-order valence-corrected chi connectivity index (χ0v) is 10.8. The van der Waals surface area contributed by atoms with Gasteiger partial charge in [-0.2, -0.15) is 8.42 Å². The SMILES string of the molecule is COC(=O)[C@@H](OS(C)(=O)=O)c1ccccc1Cl. The second-order valence-electron chi connectivity index (χ2n) is 3.23. The van der Waals surface area contributed by atoms with Gasteiger partial charge in [-0.3, -0.25) is 0 Å². The second kappa shape index (κ2) is 5.48. The highest BCUT2D eigenvalue weighted by Crippen LogP contribution is 2.27. The van der Waals surface area contributed by atoms with Gasteiger partial charge in [0.05, 0.1) is 13.4 Å². The van der Waals surface area contributed by atoms with Crippen LogP contribution in [0, 0.1) is 0 Å². The van der Waals surface area contributed by atoms with E-state index in [2.05, 4.69) is 8.92 Å². The average molecular weight is 279 g/mol. The Morgan fingerprint density at radius 3 is 2.41 bits per heavy atom. The van der Waals surface area contributed by atoms with Crippen LogP contribution in [0.25, 0.3) is 0 Å². The van der Waals surface area contributed by atoms with Gasteiger partial charge in [-0.05, 0) is 6.07 Å². The molecule has 1 rings (SSSR count). The third kappa shape index (κ3) is 3.99. The molecule has 0 heterocycles. The number of methoxy groups -OCH3 is 1. The minimum absolute atomic E-state index is 0.228. The van der Waals surface area contributed by atoms with Crippen molar-refractivity contribution >= 4 is 27.7 Å². The van der Waals surface area contributed by atoms with Crippen molar-refractivity contribution < 1.29 is 22.1 Å². The highest BCUT2D eigenvalue weighted by atomic mass is 35.5. The van der Waals surface area contributed by atoms with Crippen LogP contribution in [0.1, 0.15) is 11.7 Å². The van der Waals surface area contributed by atoms with Gasteiger partial charge in [-0.1, -0.05) is 29.8 Å². The zero-order valence-electron chi connectivity index (χ0n) is 9.21. The molecular formula is C10H11ClO5S. The number of rotatable bonds is 4. The average Bonchev–Trinajstić information content (AvgIpc) is 2.25. The molecule has 0 bridgehead atoms. The molecule has 17 heavy (non-hydrogen) atoms. The molecule has 0 aliphatic rings. The van der Waals surface area contributed by atoms with E-state index in [-0.39, 0.29) is 10.6 Å². The Hall–Kier alpha value is -1.11. The topological polar surface area (TPSA) is 69.7 Å². The third-order valence-corrected chi connectivity index (χ3v) is 2.76. The largest absolute Gasteiger partial charge is 0.467 e. The summed E-state index contributed by atoms with van der Waals surface area (Å²) in [4.78, 5) is 11.5. The first-order chi connectivity index (χ1) is 7.85. The van der Waals surface area contributed by atoms with Crippen molar-refractivity contribution in [1.82, 2.24) is 0 Å². The molecule has 1 aromatic rings. The molecule has 0 unspecified atom stereocenters. The summed E-state index contributed by atoms with van der Waals surface area (Å²) in [5.74, 6) is -0.830. The third-order valence-electron chi connectivity index (χ3n) is 1.87. The number of carbonyl (C=O) groups is 1. The van der Waals surface area contributed by atoms with Gasteiger partial charge >= 0.3 is 5.97 Å². The van der Waals surface area contributed by atoms with E-state index in [4.69, 9.17) is 11.6 Å². The van der Waals surface area contributed by atoms with Gasteiger partial charge in [0.25, 0.3) is 10.1 Å². The fraction of sp³-hybridized carbons (Fsp3) is 0.300. The molecule has 0 amide bonds. The summed E-state index contributed by atoms with van der Waals surface area (Å²) in [5, 5.41) is 0.228. The van der Waals surface area contributed by atoms with Crippen LogP contribution in [0.3, 0.4) is 0 Å². The van der Waals surface area contributed by atoms with Crippen LogP contribution in [-0.2, 0) is 23.8 Å². The van der Waals surface area contributed by atoms with Gasteiger partial charge in [0.15, 0.2) is 0 Å². The van der Waals surface area contributed by atoms with E-state index in [1.807, 2.05) is 0 Å². The quantitative estimate of drug-likeness (QED) is 0.617. The summed E-state index contributed by atoms with van der Waals surface area (Å²) >= 11 is 5.87. The lowest BCUT2D eigenvalue weighted by Gasteiger charge is -2.15. The van der Waals surface area contributed by atoms with Gasteiger partial charge in [0, 0.05) is 10.6 Å². The fourth-order valence-corrected chi connectivity index (χ4v) is 1.95. The maximum Gasteiger partial charge on any atom is 0.341 e. The van der Waals surface area contributed by atoms with Gasteiger partial charge in [-0.15, -0.1) is 0 Å². The monoisotopic (exact) mass is 278 g/mol. The van der Waals surface area contributed by atoms with Crippen molar-refractivity contribution in [2.75, 3.05) is 13.4 Å². The molecule has 0 N–H and O–H groups in total. The fourth-order valence-electron chi connectivity index (χ4n) is 1.19. The van der Waals surface area contributed by atoms with Crippen LogP contribution in [0.15, 0.2) is 24.3 Å². The van der Waals surface area contributed by atoms with Gasteiger partial charge < -0.3 is 4.74 Å². The van der Waals surface area contributed by atoms with Crippen LogP contribution in [-0.4, -0.2) is 27.8 Å². The van der Waals surface area contributed by atoms with Gasteiger partial charge in [-0.25, -0.2) is 8.98 Å². The molecule has 0 spiro atoms. The lowest BCUT2D eigenvalue weighted by molar-refractivity contribution is -0.149. The first-order valence-electron chi connectivity index (χ1n) is 4.55. The summed E-state index contributed by atoms with van der Waals surface area (Å²) in [6.45, 7) is 0. The molecule has 0 aliphatic carbocycles. The minimum Gasteiger partial charge on any atom is -0.467 e. The first-order valence-corrected chi connectivity index (χ1v) is 6.75. The van der Waals surface area contributed by atoms with Crippen molar-refractivity contribution in [1.29, 1.82) is 0 Å². The molecule has 0 saturated heterocycles. The predicted molar refractivity (Wildman–Crippen MR) is 62.1 cm³/mol. The summed E-state index contributed by atoms with van der Waals surface area (Å²) in [7, 11) is -2.67. The number of hydrogen-bond acceptors (Lipinski definition) is 5. The Balaban J connectivity index is 3.16. The maximum absolute atomic E-state index is 11.5. The second-order valence-corrected chi connectivity index (χ2v) is 5.23. The van der Waals surface area contributed by atoms with Crippen LogP contribution in [0.5, 0.6) is 0 Å². The summed E-state index contributed by atoms with van der Waals surface area (Å²) in [6.07, 6.45) is -0.538. The van der Waals surface area contributed by atoms with E-state index in [1.165, 1.54) is 12.1 Å². The highest BCUT2D eigenvalue weighted by Gasteiger charge is 2.28. The molecule has 1 aromatic carbocycles. The van der Waals surface area contributed by atoms with Crippen LogP contribution >= 0.6 is 11.6 Å². The molecule has 94 valence electrons. The lowest BCUT2D eigenvalue weighted by atomic mass is 10.1. The van der Waals surface area contributed by atoms with Gasteiger partial charge in [0.2, 0.25) is 6.10 Å². The zero-order chi connectivity index (χ0) is 13.1. The maximum atomic E-state index is 11.5. The lowest BCUT2D eigenvalue weighted by Crippen LogP contribution is -2.20. The number of hydrogen-bond donors (Lipinski definition) is 0. The number of ether oxygens (including phenoxy) is 1. The smallest absolute Gasteiger partial charge is 0.341 e. The molecule has 5 nitrogen and oxygen atoms in total. The number of benzene rings is 1. The van der Waals surface area contributed by atoms with Crippen molar-refractivity contribution in [2.24, 2.45) is 0 Å². The van der Waals surface area contributed by atoms with Crippen LogP contribution in [0.2, 0.25) is 5.02 Å². The van der Waals surface area contributed by atoms with Crippen molar-refractivity contribution in [3.8, 4) is 0 Å².